The minimum atomic E-state index is -0.437. The van der Waals surface area contributed by atoms with Crippen molar-refractivity contribution in [3.8, 4) is 6.07 Å². The van der Waals surface area contributed by atoms with E-state index in [2.05, 4.69) is 12.1 Å². The summed E-state index contributed by atoms with van der Waals surface area (Å²) in [5.74, 6) is 0.330. The predicted molar refractivity (Wildman–Crippen MR) is 55.4 cm³/mol. The number of rotatable bonds is 2. The molecule has 0 aliphatic heterocycles. The predicted octanol–water partition coefficient (Wildman–Crippen LogP) is 2.71. The third-order valence-electron chi connectivity index (χ3n) is 3.06. The summed E-state index contributed by atoms with van der Waals surface area (Å²) in [7, 11) is 0. The lowest BCUT2D eigenvalue weighted by molar-refractivity contribution is -0.123. The number of nitrogens with zero attached hydrogens (tertiary/aromatic N) is 1. The Morgan fingerprint density at radius 1 is 1.57 bits per heavy atom. The molecule has 0 N–H and O–H groups in total. The van der Waals surface area contributed by atoms with Gasteiger partial charge in [0, 0.05) is 11.8 Å². The second-order valence-electron chi connectivity index (χ2n) is 4.58. The zero-order valence-corrected chi connectivity index (χ0v) is 9.08. The lowest BCUT2D eigenvalue weighted by atomic mass is 9.68. The molecular formula is C12H17NO. The summed E-state index contributed by atoms with van der Waals surface area (Å²) >= 11 is 0. The van der Waals surface area contributed by atoms with Crippen molar-refractivity contribution in [3.05, 3.63) is 12.2 Å². The average Bonchev–Trinajstić information content (AvgIpc) is 2.18. The maximum atomic E-state index is 11.4. The van der Waals surface area contributed by atoms with E-state index >= 15 is 0 Å². The molecule has 0 spiro atoms. The van der Waals surface area contributed by atoms with Gasteiger partial charge in [-0.2, -0.15) is 5.26 Å². The van der Waals surface area contributed by atoms with Gasteiger partial charge in [-0.1, -0.05) is 12.2 Å². The topological polar surface area (TPSA) is 40.9 Å². The Balaban J connectivity index is 2.94. The van der Waals surface area contributed by atoms with Crippen LogP contribution in [0.25, 0.3) is 0 Å². The van der Waals surface area contributed by atoms with E-state index < -0.39 is 5.41 Å². The zero-order chi connectivity index (χ0) is 10.8. The summed E-state index contributed by atoms with van der Waals surface area (Å²) in [6.45, 7) is 5.44. The Morgan fingerprint density at radius 2 is 2.21 bits per heavy atom. The first kappa shape index (κ1) is 11.0. The van der Waals surface area contributed by atoms with Gasteiger partial charge in [-0.15, -0.1) is 0 Å². The van der Waals surface area contributed by atoms with Gasteiger partial charge >= 0.3 is 0 Å². The van der Waals surface area contributed by atoms with Crippen LogP contribution in [0.15, 0.2) is 12.2 Å². The van der Waals surface area contributed by atoms with Crippen LogP contribution < -0.4 is 0 Å². The fraction of sp³-hybridized carbons (Fsp3) is 0.667. The Morgan fingerprint density at radius 3 is 2.71 bits per heavy atom. The summed E-state index contributed by atoms with van der Waals surface area (Å²) in [5, 5.41) is 9.05. The number of hydrogen-bond donors (Lipinski definition) is 0. The largest absolute Gasteiger partial charge is 0.300 e. The molecule has 0 saturated heterocycles. The first-order valence-electron chi connectivity index (χ1n) is 5.07. The summed E-state index contributed by atoms with van der Waals surface area (Å²) in [5.41, 5.74) is -0.437. The average molecular weight is 191 g/mol. The molecule has 2 heteroatoms. The van der Waals surface area contributed by atoms with Crippen molar-refractivity contribution in [3.63, 3.8) is 0 Å². The monoisotopic (exact) mass is 191 g/mol. The Labute approximate surface area is 85.6 Å². The standard InChI is InChI=1S/C12H17NO/c1-9(14)10-6-4-5-7-11(10)12(2,3)8-13/h5,7,10-11H,4,6H2,1-3H3. The van der Waals surface area contributed by atoms with E-state index in [1.54, 1.807) is 6.92 Å². The normalized spacial score (nSPS) is 27.0. The van der Waals surface area contributed by atoms with Crippen LogP contribution in [0, 0.1) is 28.6 Å². The molecular weight excluding hydrogens is 174 g/mol. The minimum Gasteiger partial charge on any atom is -0.300 e. The molecule has 0 amide bonds. The molecule has 0 aromatic heterocycles. The summed E-state index contributed by atoms with van der Waals surface area (Å²) in [6, 6.07) is 2.29. The maximum absolute atomic E-state index is 11.4. The third kappa shape index (κ3) is 2.04. The summed E-state index contributed by atoms with van der Waals surface area (Å²) in [6.07, 6.45) is 5.98. The molecule has 2 unspecified atom stereocenters. The van der Waals surface area contributed by atoms with Crippen molar-refractivity contribution in [1.29, 1.82) is 5.26 Å². The highest BCUT2D eigenvalue weighted by molar-refractivity contribution is 5.79. The van der Waals surface area contributed by atoms with Crippen molar-refractivity contribution < 1.29 is 4.79 Å². The quantitative estimate of drug-likeness (QED) is 0.630. The zero-order valence-electron chi connectivity index (χ0n) is 9.08. The molecule has 1 rings (SSSR count). The van der Waals surface area contributed by atoms with Gasteiger partial charge in [-0.3, -0.25) is 4.79 Å². The van der Waals surface area contributed by atoms with Gasteiger partial charge < -0.3 is 0 Å². The Hall–Kier alpha value is -1.10. The van der Waals surface area contributed by atoms with Crippen molar-refractivity contribution in [2.45, 2.75) is 33.6 Å². The molecule has 1 aliphatic rings. The highest BCUT2D eigenvalue weighted by atomic mass is 16.1. The first-order chi connectivity index (χ1) is 6.49. The number of carbonyl (C=O) groups excluding carboxylic acids is 1. The van der Waals surface area contributed by atoms with Crippen molar-refractivity contribution in [2.75, 3.05) is 0 Å². The van der Waals surface area contributed by atoms with E-state index in [0.29, 0.717) is 0 Å². The fourth-order valence-corrected chi connectivity index (χ4v) is 2.11. The van der Waals surface area contributed by atoms with Crippen molar-refractivity contribution >= 4 is 5.78 Å². The van der Waals surface area contributed by atoms with E-state index in [0.717, 1.165) is 12.8 Å². The smallest absolute Gasteiger partial charge is 0.133 e. The van der Waals surface area contributed by atoms with Crippen LogP contribution in [0.3, 0.4) is 0 Å². The highest BCUT2D eigenvalue weighted by Crippen LogP contribution is 2.38. The molecule has 0 aromatic rings. The van der Waals surface area contributed by atoms with Crippen LogP contribution in [-0.4, -0.2) is 5.78 Å². The van der Waals surface area contributed by atoms with E-state index in [-0.39, 0.29) is 17.6 Å². The molecule has 0 bridgehead atoms. The number of Topliss-reactive ketones (excluding diaryl/α,β-unsaturated/α-hetero) is 1. The van der Waals surface area contributed by atoms with Gasteiger partial charge in [-0.05, 0) is 33.6 Å². The van der Waals surface area contributed by atoms with Gasteiger partial charge in [0.2, 0.25) is 0 Å². The molecule has 0 aromatic carbocycles. The van der Waals surface area contributed by atoms with Crippen LogP contribution in [0.4, 0.5) is 0 Å². The lowest BCUT2D eigenvalue weighted by Crippen LogP contribution is -2.33. The van der Waals surface area contributed by atoms with Crippen molar-refractivity contribution in [1.82, 2.24) is 0 Å². The summed E-state index contributed by atoms with van der Waals surface area (Å²) in [4.78, 5) is 11.4. The fourth-order valence-electron chi connectivity index (χ4n) is 2.11. The van der Waals surface area contributed by atoms with Crippen LogP contribution in [0.2, 0.25) is 0 Å². The van der Waals surface area contributed by atoms with E-state index in [1.807, 2.05) is 19.9 Å². The first-order valence-corrected chi connectivity index (χ1v) is 5.07. The van der Waals surface area contributed by atoms with Crippen LogP contribution >= 0.6 is 0 Å². The van der Waals surface area contributed by atoms with Gasteiger partial charge in [0.25, 0.3) is 0 Å². The third-order valence-corrected chi connectivity index (χ3v) is 3.06. The van der Waals surface area contributed by atoms with Crippen LogP contribution in [0.5, 0.6) is 0 Å². The van der Waals surface area contributed by atoms with Crippen LogP contribution in [-0.2, 0) is 4.79 Å². The van der Waals surface area contributed by atoms with Gasteiger partial charge in [0.15, 0.2) is 0 Å². The molecule has 0 fully saturated rings. The molecule has 0 heterocycles. The number of hydrogen-bond acceptors (Lipinski definition) is 2. The maximum Gasteiger partial charge on any atom is 0.133 e. The van der Waals surface area contributed by atoms with Gasteiger partial charge in [0.1, 0.15) is 5.78 Å². The highest BCUT2D eigenvalue weighted by Gasteiger charge is 2.37. The second kappa shape index (κ2) is 3.96. The van der Waals surface area contributed by atoms with E-state index in [9.17, 15) is 4.79 Å². The SMILES string of the molecule is CC(=O)C1CCC=CC1C(C)(C)C#N. The molecule has 0 saturated carbocycles. The van der Waals surface area contributed by atoms with Crippen LogP contribution in [0.1, 0.15) is 33.6 Å². The number of carbonyl (C=O) groups is 1. The molecule has 2 atom stereocenters. The molecule has 0 radical (unpaired) electrons. The van der Waals surface area contributed by atoms with E-state index in [1.165, 1.54) is 0 Å². The summed E-state index contributed by atoms with van der Waals surface area (Å²) < 4.78 is 0. The molecule has 76 valence electrons. The van der Waals surface area contributed by atoms with Crippen molar-refractivity contribution in [2.24, 2.45) is 17.3 Å². The lowest BCUT2D eigenvalue weighted by Gasteiger charge is -2.33. The van der Waals surface area contributed by atoms with E-state index in [4.69, 9.17) is 5.26 Å². The van der Waals surface area contributed by atoms with Gasteiger partial charge in [0.05, 0.1) is 11.5 Å². The Bertz CT molecular complexity index is 296. The van der Waals surface area contributed by atoms with Gasteiger partial charge in [-0.25, -0.2) is 0 Å². The minimum absolute atomic E-state index is 0.0367. The Kier molecular flexibility index (Phi) is 3.10. The second-order valence-corrected chi connectivity index (χ2v) is 4.58. The number of nitriles is 1. The number of allylic oxidation sites excluding steroid dienone is 2. The number of ketones is 1. The molecule has 2 nitrogen and oxygen atoms in total. The molecule has 14 heavy (non-hydrogen) atoms. The molecule has 1 aliphatic carbocycles.